The highest BCUT2D eigenvalue weighted by Gasteiger charge is 2.21. The SMILES string of the molecule is CC/C=C\C/C=C\C/C=C\C/C=C\C/C=C\C/C=C\CCCCCCCCC(=O)OC(COC(=O)CCCCCCC/C=C\C/C=C\CCCCC)COP(=O)([O-])OCC[N+](C)(C)C. The van der Waals surface area contributed by atoms with Gasteiger partial charge >= 0.3 is 11.9 Å². The number of phosphoric acid groups is 1. The molecule has 0 aromatic carbocycles. The summed E-state index contributed by atoms with van der Waals surface area (Å²) in [6.45, 7) is 4.04. The molecule has 0 aliphatic carbocycles. The Morgan fingerprint density at radius 2 is 0.891 bits per heavy atom. The van der Waals surface area contributed by atoms with E-state index in [2.05, 4.69) is 111 Å². The fourth-order valence-electron chi connectivity index (χ4n) is 6.22. The Hall–Kier alpha value is -3.07. The lowest BCUT2D eigenvalue weighted by atomic mass is 10.1. The molecular formula is C54H92NO8P. The van der Waals surface area contributed by atoms with Gasteiger partial charge in [0, 0.05) is 12.8 Å². The number of allylic oxidation sites excluding steroid dienone is 16. The molecule has 0 aromatic rings. The number of hydrogen-bond acceptors (Lipinski definition) is 8. The van der Waals surface area contributed by atoms with Crippen LogP contribution < -0.4 is 4.89 Å². The second-order valence-electron chi connectivity index (χ2n) is 17.4. The Bertz CT molecular complexity index is 1400. The highest BCUT2D eigenvalue weighted by Crippen LogP contribution is 2.38. The van der Waals surface area contributed by atoms with Crippen LogP contribution in [0.1, 0.15) is 181 Å². The summed E-state index contributed by atoms with van der Waals surface area (Å²) in [6.07, 6.45) is 60.0. The number of ether oxygens (including phenoxy) is 2. The van der Waals surface area contributed by atoms with E-state index in [9.17, 15) is 19.0 Å². The molecule has 64 heavy (non-hydrogen) atoms. The summed E-state index contributed by atoms with van der Waals surface area (Å²) in [7, 11) is 1.13. The zero-order valence-electron chi connectivity index (χ0n) is 41.2. The molecular weight excluding hydrogens is 822 g/mol. The molecule has 0 N–H and O–H groups in total. The van der Waals surface area contributed by atoms with Gasteiger partial charge in [0.15, 0.2) is 6.10 Å². The Kier molecular flexibility index (Phi) is 42.9. The van der Waals surface area contributed by atoms with Crippen molar-refractivity contribution in [2.75, 3.05) is 47.5 Å². The lowest BCUT2D eigenvalue weighted by Crippen LogP contribution is -2.37. The van der Waals surface area contributed by atoms with Crippen molar-refractivity contribution in [2.24, 2.45) is 0 Å². The van der Waals surface area contributed by atoms with Crippen molar-refractivity contribution in [3.05, 3.63) is 97.2 Å². The van der Waals surface area contributed by atoms with Crippen molar-refractivity contribution in [1.29, 1.82) is 0 Å². The highest BCUT2D eigenvalue weighted by molar-refractivity contribution is 7.45. The minimum Gasteiger partial charge on any atom is -0.756 e. The van der Waals surface area contributed by atoms with E-state index in [0.717, 1.165) is 116 Å². The van der Waals surface area contributed by atoms with E-state index in [0.29, 0.717) is 23.9 Å². The molecule has 366 valence electrons. The summed E-state index contributed by atoms with van der Waals surface area (Å²) < 4.78 is 34.0. The van der Waals surface area contributed by atoms with E-state index in [1.54, 1.807) is 0 Å². The summed E-state index contributed by atoms with van der Waals surface area (Å²) >= 11 is 0. The molecule has 0 radical (unpaired) electrons. The molecule has 0 spiro atoms. The second-order valence-corrected chi connectivity index (χ2v) is 18.9. The average Bonchev–Trinajstić information content (AvgIpc) is 3.25. The molecule has 0 heterocycles. The van der Waals surface area contributed by atoms with Crippen LogP contribution in [0.3, 0.4) is 0 Å². The van der Waals surface area contributed by atoms with Gasteiger partial charge in [-0.05, 0) is 96.3 Å². The first kappa shape index (κ1) is 60.9. The van der Waals surface area contributed by atoms with Crippen LogP contribution in [-0.2, 0) is 32.7 Å². The normalized spacial score (nSPS) is 14.3. The van der Waals surface area contributed by atoms with E-state index in [-0.39, 0.29) is 26.1 Å². The number of rotatable bonds is 44. The molecule has 0 bridgehead atoms. The molecule has 0 saturated heterocycles. The maximum absolute atomic E-state index is 12.7. The minimum absolute atomic E-state index is 0.0419. The lowest BCUT2D eigenvalue weighted by molar-refractivity contribution is -0.870. The number of hydrogen-bond donors (Lipinski definition) is 0. The van der Waals surface area contributed by atoms with E-state index in [1.807, 2.05) is 21.1 Å². The third-order valence-corrected chi connectivity index (χ3v) is 11.1. The number of unbranched alkanes of at least 4 members (excludes halogenated alkanes) is 14. The van der Waals surface area contributed by atoms with Crippen LogP contribution in [0.25, 0.3) is 0 Å². The van der Waals surface area contributed by atoms with Gasteiger partial charge in [-0.1, -0.05) is 169 Å². The number of likely N-dealkylation sites (N-methyl/N-ethyl adjacent to an activating group) is 1. The van der Waals surface area contributed by atoms with Gasteiger partial charge in [0.1, 0.15) is 19.8 Å². The second kappa shape index (κ2) is 45.1. The topological polar surface area (TPSA) is 111 Å². The Balaban J connectivity index is 4.34. The van der Waals surface area contributed by atoms with Gasteiger partial charge in [-0.2, -0.15) is 0 Å². The van der Waals surface area contributed by atoms with Crippen LogP contribution in [0.2, 0.25) is 0 Å². The van der Waals surface area contributed by atoms with Crippen LogP contribution >= 0.6 is 7.82 Å². The first-order valence-corrected chi connectivity index (χ1v) is 26.4. The highest BCUT2D eigenvalue weighted by atomic mass is 31.2. The molecule has 2 unspecified atom stereocenters. The van der Waals surface area contributed by atoms with Crippen molar-refractivity contribution in [1.82, 2.24) is 0 Å². The molecule has 0 rings (SSSR count). The molecule has 0 aliphatic rings. The number of carbonyl (C=O) groups is 2. The van der Waals surface area contributed by atoms with Gasteiger partial charge in [-0.15, -0.1) is 0 Å². The maximum Gasteiger partial charge on any atom is 0.306 e. The van der Waals surface area contributed by atoms with Crippen molar-refractivity contribution in [2.45, 2.75) is 187 Å². The van der Waals surface area contributed by atoms with Gasteiger partial charge in [0.05, 0.1) is 27.7 Å². The van der Waals surface area contributed by atoms with Gasteiger partial charge in [-0.3, -0.25) is 14.2 Å². The monoisotopic (exact) mass is 914 g/mol. The largest absolute Gasteiger partial charge is 0.756 e. The van der Waals surface area contributed by atoms with E-state index >= 15 is 0 Å². The van der Waals surface area contributed by atoms with Crippen molar-refractivity contribution in [3.8, 4) is 0 Å². The van der Waals surface area contributed by atoms with Crippen molar-refractivity contribution in [3.63, 3.8) is 0 Å². The molecule has 0 saturated carbocycles. The molecule has 0 fully saturated rings. The summed E-state index contributed by atoms with van der Waals surface area (Å²) in [4.78, 5) is 37.7. The third-order valence-electron chi connectivity index (χ3n) is 10.1. The van der Waals surface area contributed by atoms with Crippen molar-refractivity contribution >= 4 is 19.8 Å². The predicted molar refractivity (Wildman–Crippen MR) is 268 cm³/mol. The summed E-state index contributed by atoms with van der Waals surface area (Å²) in [5.41, 5.74) is 0. The molecule has 10 heteroatoms. The zero-order chi connectivity index (χ0) is 47.1. The van der Waals surface area contributed by atoms with Crippen LogP contribution in [0.5, 0.6) is 0 Å². The van der Waals surface area contributed by atoms with E-state index in [4.69, 9.17) is 18.5 Å². The molecule has 0 aliphatic heterocycles. The Morgan fingerprint density at radius 3 is 1.33 bits per heavy atom. The fraction of sp³-hybridized carbons (Fsp3) is 0.667. The number of phosphoric ester groups is 1. The lowest BCUT2D eigenvalue weighted by Gasteiger charge is -2.28. The summed E-state index contributed by atoms with van der Waals surface area (Å²) in [5, 5.41) is 0. The van der Waals surface area contributed by atoms with Gasteiger partial charge in [0.25, 0.3) is 7.82 Å². The third kappa shape index (κ3) is 48.4. The van der Waals surface area contributed by atoms with E-state index in [1.165, 1.54) is 25.7 Å². The van der Waals surface area contributed by atoms with Crippen LogP contribution in [0.15, 0.2) is 97.2 Å². The fourth-order valence-corrected chi connectivity index (χ4v) is 6.94. The first-order valence-electron chi connectivity index (χ1n) is 24.9. The minimum atomic E-state index is -4.64. The molecule has 9 nitrogen and oxygen atoms in total. The quantitative estimate of drug-likeness (QED) is 0.0195. The standard InChI is InChI=1S/C54H92NO8P/c1-6-8-10-12-14-16-18-20-22-23-24-25-26-27-28-29-30-31-33-35-37-39-41-43-45-47-54(57)63-52(51-62-64(58,59)61-49-48-55(3,4)5)50-60-53(56)46-44-42-40-38-36-34-32-21-19-17-15-13-11-9-7-2/h8,10,14-17,20-22,24-25,27-28,30-32,52H,6-7,9,11-13,18-19,23,26,29,33-51H2,1-5H3/b10-8-,16-14-,17-15-,22-20-,25-24-,28-27-,31-30-,32-21-. The van der Waals surface area contributed by atoms with Crippen LogP contribution in [0.4, 0.5) is 0 Å². The van der Waals surface area contributed by atoms with Crippen molar-refractivity contribution < 1.29 is 42.1 Å². The predicted octanol–water partition coefficient (Wildman–Crippen LogP) is 14.3. The van der Waals surface area contributed by atoms with Gasteiger partial charge in [0.2, 0.25) is 0 Å². The van der Waals surface area contributed by atoms with Gasteiger partial charge < -0.3 is 27.9 Å². The number of carbonyl (C=O) groups excluding carboxylic acids is 2. The molecule has 0 amide bonds. The van der Waals surface area contributed by atoms with E-state index < -0.39 is 32.5 Å². The summed E-state index contributed by atoms with van der Waals surface area (Å²) in [6, 6.07) is 0. The Morgan fingerprint density at radius 1 is 0.500 bits per heavy atom. The maximum atomic E-state index is 12.7. The smallest absolute Gasteiger partial charge is 0.306 e. The van der Waals surface area contributed by atoms with Gasteiger partial charge in [-0.25, -0.2) is 0 Å². The van der Waals surface area contributed by atoms with Crippen LogP contribution in [0, 0.1) is 0 Å². The summed E-state index contributed by atoms with van der Waals surface area (Å²) in [5.74, 6) is -0.875. The number of esters is 2. The number of quaternary nitrogens is 1. The first-order chi connectivity index (χ1) is 31.0. The van der Waals surface area contributed by atoms with Crippen LogP contribution in [-0.4, -0.2) is 70.0 Å². The molecule has 0 aromatic heterocycles. The number of nitrogens with zero attached hydrogens (tertiary/aromatic N) is 1. The molecule has 2 atom stereocenters. The average molecular weight is 914 g/mol. The Labute approximate surface area is 392 Å². The zero-order valence-corrected chi connectivity index (χ0v) is 42.1.